The van der Waals surface area contributed by atoms with Crippen LogP contribution in [0.2, 0.25) is 0 Å². The van der Waals surface area contributed by atoms with Gasteiger partial charge in [0.05, 0.1) is 13.2 Å². The Morgan fingerprint density at radius 2 is 1.83 bits per heavy atom. The average molecular weight is 343 g/mol. The van der Waals surface area contributed by atoms with Crippen molar-refractivity contribution in [2.24, 2.45) is 0 Å². The summed E-state index contributed by atoms with van der Waals surface area (Å²) in [6.45, 7) is 2.76. The molecule has 0 saturated carbocycles. The lowest BCUT2D eigenvalue weighted by Crippen LogP contribution is -2.18. The van der Waals surface area contributed by atoms with Crippen LogP contribution in [0.4, 0.5) is 8.78 Å². The third kappa shape index (κ3) is 3.18. The maximum absolute atomic E-state index is 14.2. The smallest absolute Gasteiger partial charge is 0.304 e. The topological polar surface area (TPSA) is 35.5 Å². The van der Waals surface area contributed by atoms with E-state index in [1.165, 1.54) is 32.0 Å². The molecule has 0 saturated heterocycles. The van der Waals surface area contributed by atoms with E-state index >= 15 is 0 Å². The molecule has 0 amide bonds. The molecule has 3 nitrogen and oxygen atoms in total. The van der Waals surface area contributed by atoms with Gasteiger partial charge in [0.1, 0.15) is 0 Å². The summed E-state index contributed by atoms with van der Waals surface area (Å²) >= 11 is 3.09. The number of alkyl halides is 2. The van der Waals surface area contributed by atoms with Crippen molar-refractivity contribution in [3.05, 3.63) is 34.3 Å². The molecule has 1 aromatic carbocycles. The van der Waals surface area contributed by atoms with Gasteiger partial charge < -0.3 is 9.05 Å². The Balaban J connectivity index is 3.20. The Kier molecular flexibility index (Phi) is 5.46. The first kappa shape index (κ1) is 15.8. The van der Waals surface area contributed by atoms with Crippen molar-refractivity contribution in [1.82, 2.24) is 0 Å². The normalized spacial score (nSPS) is 12.7. The van der Waals surface area contributed by atoms with Gasteiger partial charge in [0.2, 0.25) is 0 Å². The summed E-state index contributed by atoms with van der Waals surface area (Å²) in [5, 5.41) is 0. The number of benzene rings is 1. The predicted octanol–water partition coefficient (Wildman–Crippen LogP) is 4.76. The highest BCUT2D eigenvalue weighted by Gasteiger charge is 2.54. The fraction of sp³-hybridized carbons (Fsp3) is 0.455. The maximum atomic E-state index is 14.2. The lowest BCUT2D eigenvalue weighted by molar-refractivity contribution is 0.0360. The van der Waals surface area contributed by atoms with E-state index in [2.05, 4.69) is 15.9 Å². The highest BCUT2D eigenvalue weighted by molar-refractivity contribution is 9.10. The molecule has 0 aliphatic heterocycles. The van der Waals surface area contributed by atoms with Crippen LogP contribution in [-0.2, 0) is 19.3 Å². The van der Waals surface area contributed by atoms with Gasteiger partial charge >= 0.3 is 13.3 Å². The van der Waals surface area contributed by atoms with Gasteiger partial charge in [-0.25, -0.2) is 0 Å². The number of halogens is 3. The van der Waals surface area contributed by atoms with E-state index in [0.29, 0.717) is 4.47 Å². The highest BCUT2D eigenvalue weighted by Crippen LogP contribution is 2.66. The third-order valence-electron chi connectivity index (χ3n) is 2.11. The van der Waals surface area contributed by atoms with Crippen LogP contribution >= 0.6 is 23.5 Å². The SMILES string of the molecule is CCOP(=O)(OCC)C(F)(F)c1cccc(Br)c1. The van der Waals surface area contributed by atoms with Crippen molar-refractivity contribution in [2.45, 2.75) is 19.5 Å². The zero-order valence-electron chi connectivity index (χ0n) is 10.0. The van der Waals surface area contributed by atoms with Crippen LogP contribution < -0.4 is 0 Å². The number of hydrogen-bond donors (Lipinski definition) is 0. The fourth-order valence-corrected chi connectivity index (χ4v) is 3.31. The van der Waals surface area contributed by atoms with Crippen molar-refractivity contribution in [3.8, 4) is 0 Å². The van der Waals surface area contributed by atoms with Crippen molar-refractivity contribution in [1.29, 1.82) is 0 Å². The van der Waals surface area contributed by atoms with Crippen LogP contribution in [0.5, 0.6) is 0 Å². The molecule has 102 valence electrons. The van der Waals surface area contributed by atoms with Crippen molar-refractivity contribution in [2.75, 3.05) is 13.2 Å². The van der Waals surface area contributed by atoms with Gasteiger partial charge in [-0.3, -0.25) is 4.57 Å². The second-order valence-electron chi connectivity index (χ2n) is 3.38. The van der Waals surface area contributed by atoms with Crippen LogP contribution in [0.25, 0.3) is 0 Å². The minimum Gasteiger partial charge on any atom is -0.304 e. The summed E-state index contributed by atoms with van der Waals surface area (Å²) in [7, 11) is -4.52. The van der Waals surface area contributed by atoms with Gasteiger partial charge in [-0.15, -0.1) is 0 Å². The van der Waals surface area contributed by atoms with Crippen LogP contribution in [0, 0.1) is 0 Å². The lowest BCUT2D eigenvalue weighted by Gasteiger charge is -2.26. The van der Waals surface area contributed by atoms with Crippen LogP contribution in [0.1, 0.15) is 19.4 Å². The van der Waals surface area contributed by atoms with E-state index in [9.17, 15) is 13.3 Å². The zero-order valence-corrected chi connectivity index (χ0v) is 12.5. The number of rotatable bonds is 6. The Hall–Kier alpha value is -0.290. The van der Waals surface area contributed by atoms with E-state index in [0.717, 1.165) is 0 Å². The molecule has 0 aliphatic carbocycles. The predicted molar refractivity (Wildman–Crippen MR) is 68.9 cm³/mol. The van der Waals surface area contributed by atoms with Gasteiger partial charge in [-0.1, -0.05) is 28.1 Å². The Morgan fingerprint density at radius 1 is 1.28 bits per heavy atom. The Bertz CT molecular complexity index is 444. The van der Waals surface area contributed by atoms with Gasteiger partial charge in [0.15, 0.2) is 0 Å². The molecule has 1 aromatic rings. The summed E-state index contributed by atoms with van der Waals surface area (Å²) in [6.07, 6.45) is 0. The van der Waals surface area contributed by atoms with Crippen molar-refractivity contribution < 1.29 is 22.4 Å². The monoisotopic (exact) mass is 342 g/mol. The van der Waals surface area contributed by atoms with Gasteiger partial charge in [0.25, 0.3) is 0 Å². The molecule has 0 radical (unpaired) electrons. The Morgan fingerprint density at radius 3 is 2.28 bits per heavy atom. The quantitative estimate of drug-likeness (QED) is 0.699. The molecule has 0 N–H and O–H groups in total. The summed E-state index contributed by atoms with van der Waals surface area (Å²) in [5.41, 5.74) is -4.08. The largest absolute Gasteiger partial charge is 0.404 e. The molecular weight excluding hydrogens is 329 g/mol. The summed E-state index contributed by atoms with van der Waals surface area (Å²) in [6, 6.07) is 5.43. The molecule has 0 heterocycles. The number of hydrogen-bond acceptors (Lipinski definition) is 3. The van der Waals surface area contributed by atoms with Crippen LogP contribution in [0.15, 0.2) is 28.7 Å². The first-order valence-corrected chi connectivity index (χ1v) is 7.74. The Labute approximate surface area is 113 Å². The summed E-state index contributed by atoms with van der Waals surface area (Å²) in [4.78, 5) is 0. The van der Waals surface area contributed by atoms with E-state index in [1.807, 2.05) is 0 Å². The second kappa shape index (κ2) is 6.24. The van der Waals surface area contributed by atoms with Crippen molar-refractivity contribution in [3.63, 3.8) is 0 Å². The van der Waals surface area contributed by atoms with Gasteiger partial charge in [-0.05, 0) is 26.0 Å². The molecule has 0 aliphatic rings. The maximum Gasteiger partial charge on any atom is 0.404 e. The molecular formula is C11H14BrF2O3P. The molecule has 1 rings (SSSR count). The first-order valence-electron chi connectivity index (χ1n) is 5.40. The molecule has 0 aromatic heterocycles. The molecule has 0 bridgehead atoms. The molecule has 0 unspecified atom stereocenters. The van der Waals surface area contributed by atoms with Gasteiger partial charge in [-0.2, -0.15) is 8.78 Å². The second-order valence-corrected chi connectivity index (χ2v) is 6.37. The highest BCUT2D eigenvalue weighted by atomic mass is 79.9. The molecule has 0 fully saturated rings. The minimum atomic E-state index is -4.52. The third-order valence-corrected chi connectivity index (χ3v) is 4.75. The molecule has 18 heavy (non-hydrogen) atoms. The molecule has 0 spiro atoms. The standard InChI is InChI=1S/C11H14BrF2O3P/c1-3-16-18(15,17-4-2)11(13,14)9-6-5-7-10(12)8-9/h5-8H,3-4H2,1-2H3. The van der Waals surface area contributed by atoms with Gasteiger partial charge in [0, 0.05) is 10.0 Å². The lowest BCUT2D eigenvalue weighted by atomic mass is 10.2. The zero-order chi connectivity index (χ0) is 13.8. The first-order chi connectivity index (χ1) is 8.37. The summed E-state index contributed by atoms with van der Waals surface area (Å²) in [5.74, 6) is 0. The van der Waals surface area contributed by atoms with Crippen LogP contribution in [0.3, 0.4) is 0 Å². The van der Waals surface area contributed by atoms with Crippen LogP contribution in [-0.4, -0.2) is 13.2 Å². The molecule has 0 atom stereocenters. The average Bonchev–Trinajstić information content (AvgIpc) is 2.29. The fourth-order valence-electron chi connectivity index (χ4n) is 1.37. The van der Waals surface area contributed by atoms with E-state index in [1.54, 1.807) is 6.07 Å². The summed E-state index contributed by atoms with van der Waals surface area (Å²) < 4.78 is 50.5. The molecule has 7 heteroatoms. The van der Waals surface area contributed by atoms with E-state index < -0.39 is 18.8 Å². The minimum absolute atomic E-state index is 0.110. The van der Waals surface area contributed by atoms with E-state index in [-0.39, 0.29) is 13.2 Å². The van der Waals surface area contributed by atoms with E-state index in [4.69, 9.17) is 9.05 Å². The van der Waals surface area contributed by atoms with Crippen molar-refractivity contribution >= 4 is 23.5 Å².